The Bertz CT molecular complexity index is 1290. The summed E-state index contributed by atoms with van der Waals surface area (Å²) >= 11 is 0. The molecular formula is C25H22N2O6. The monoisotopic (exact) mass is 446 g/mol. The first-order chi connectivity index (χ1) is 15.7. The zero-order chi connectivity index (χ0) is 24.2. The number of aromatic nitrogens is 2. The maximum Gasteiger partial charge on any atom is 0.337 e. The fourth-order valence-electron chi connectivity index (χ4n) is 3.74. The second kappa shape index (κ2) is 9.35. The van der Waals surface area contributed by atoms with Gasteiger partial charge in [0, 0.05) is 17.8 Å². The van der Waals surface area contributed by atoms with Crippen LogP contribution < -0.4 is 0 Å². The second-order valence-corrected chi connectivity index (χ2v) is 7.39. The summed E-state index contributed by atoms with van der Waals surface area (Å²) in [4.78, 5) is 36.7. The molecule has 1 unspecified atom stereocenters. The van der Waals surface area contributed by atoms with E-state index < -0.39 is 23.4 Å². The molecule has 1 aliphatic rings. The molecule has 2 heterocycles. The minimum absolute atomic E-state index is 0.0277. The first-order valence-electron chi connectivity index (χ1n) is 9.95. The first kappa shape index (κ1) is 23.2. The van der Waals surface area contributed by atoms with Crippen molar-refractivity contribution in [3.05, 3.63) is 102 Å². The first-order valence-corrected chi connectivity index (χ1v) is 9.95. The van der Waals surface area contributed by atoms with Crippen LogP contribution in [0.25, 0.3) is 10.9 Å². The highest BCUT2D eigenvalue weighted by atomic mass is 16.4. The van der Waals surface area contributed by atoms with Gasteiger partial charge in [0.2, 0.25) is 0 Å². The largest absolute Gasteiger partial charge is 0.478 e. The molecule has 3 N–H and O–H groups in total. The SMILES string of the molecule is C=CC1(n2cc(C(=O)O)c3ccncc32)C=CC=CC1.Cc1c(C(=O)O)cccc1C(=O)O. The number of pyridine rings is 1. The third-order valence-electron chi connectivity index (χ3n) is 5.51. The Kier molecular flexibility index (Phi) is 6.58. The zero-order valence-electron chi connectivity index (χ0n) is 17.8. The van der Waals surface area contributed by atoms with Gasteiger partial charge in [-0.25, -0.2) is 14.4 Å². The molecule has 0 amide bonds. The maximum absolute atomic E-state index is 11.4. The molecule has 0 spiro atoms. The summed E-state index contributed by atoms with van der Waals surface area (Å²) in [6.07, 6.45) is 15.5. The summed E-state index contributed by atoms with van der Waals surface area (Å²) in [7, 11) is 0. The molecule has 0 bridgehead atoms. The van der Waals surface area contributed by atoms with Crippen molar-refractivity contribution in [2.45, 2.75) is 18.9 Å². The predicted molar refractivity (Wildman–Crippen MR) is 123 cm³/mol. The molecule has 3 aromatic rings. The average molecular weight is 446 g/mol. The van der Waals surface area contributed by atoms with Crippen molar-refractivity contribution in [2.75, 3.05) is 0 Å². The van der Waals surface area contributed by atoms with Crippen molar-refractivity contribution in [3.63, 3.8) is 0 Å². The van der Waals surface area contributed by atoms with E-state index in [1.165, 1.54) is 25.1 Å². The minimum Gasteiger partial charge on any atom is -0.478 e. The van der Waals surface area contributed by atoms with E-state index in [4.69, 9.17) is 10.2 Å². The third-order valence-corrected chi connectivity index (χ3v) is 5.51. The van der Waals surface area contributed by atoms with Crippen molar-refractivity contribution >= 4 is 28.8 Å². The van der Waals surface area contributed by atoms with Crippen molar-refractivity contribution in [2.24, 2.45) is 0 Å². The minimum atomic E-state index is -1.11. The molecule has 0 saturated carbocycles. The smallest absolute Gasteiger partial charge is 0.337 e. The van der Waals surface area contributed by atoms with E-state index in [0.29, 0.717) is 5.39 Å². The number of benzene rings is 1. The summed E-state index contributed by atoms with van der Waals surface area (Å²) in [5.74, 6) is -3.16. The van der Waals surface area contributed by atoms with Gasteiger partial charge < -0.3 is 19.9 Å². The number of nitrogens with zero attached hydrogens (tertiary/aromatic N) is 2. The molecule has 1 atom stereocenters. The van der Waals surface area contributed by atoms with Gasteiger partial charge in [-0.3, -0.25) is 4.98 Å². The van der Waals surface area contributed by atoms with E-state index in [0.717, 1.165) is 11.9 Å². The Morgan fingerprint density at radius 3 is 2.18 bits per heavy atom. The van der Waals surface area contributed by atoms with Crippen molar-refractivity contribution in [3.8, 4) is 0 Å². The van der Waals surface area contributed by atoms with Crippen LogP contribution in [0.2, 0.25) is 0 Å². The zero-order valence-corrected chi connectivity index (χ0v) is 17.8. The highest BCUT2D eigenvalue weighted by molar-refractivity contribution is 6.03. The van der Waals surface area contributed by atoms with Crippen LogP contribution in [0.4, 0.5) is 0 Å². The van der Waals surface area contributed by atoms with Gasteiger partial charge in [-0.2, -0.15) is 0 Å². The number of carboxylic acids is 3. The lowest BCUT2D eigenvalue weighted by Gasteiger charge is -2.30. The predicted octanol–water partition coefficient (Wildman–Crippen LogP) is 4.52. The van der Waals surface area contributed by atoms with Gasteiger partial charge in [0.15, 0.2) is 0 Å². The topological polar surface area (TPSA) is 130 Å². The third kappa shape index (κ3) is 4.45. The van der Waals surface area contributed by atoms with Crippen LogP contribution in [0, 0.1) is 6.92 Å². The molecule has 2 aromatic heterocycles. The van der Waals surface area contributed by atoms with E-state index in [-0.39, 0.29) is 22.3 Å². The summed E-state index contributed by atoms with van der Waals surface area (Å²) in [5, 5.41) is 27.4. The van der Waals surface area contributed by atoms with E-state index in [1.54, 1.807) is 24.7 Å². The van der Waals surface area contributed by atoms with Crippen LogP contribution in [0.15, 0.2) is 79.8 Å². The normalized spacial score (nSPS) is 16.6. The van der Waals surface area contributed by atoms with Gasteiger partial charge in [-0.1, -0.05) is 36.4 Å². The lowest BCUT2D eigenvalue weighted by molar-refractivity contribution is 0.0682. The number of allylic oxidation sites excluding steroid dienone is 5. The van der Waals surface area contributed by atoms with Crippen LogP contribution in [0.3, 0.4) is 0 Å². The van der Waals surface area contributed by atoms with Crippen LogP contribution in [0.1, 0.15) is 43.1 Å². The Morgan fingerprint density at radius 1 is 1.03 bits per heavy atom. The van der Waals surface area contributed by atoms with Gasteiger partial charge in [0.05, 0.1) is 33.9 Å². The van der Waals surface area contributed by atoms with Gasteiger partial charge in [0.25, 0.3) is 0 Å². The number of fused-ring (bicyclic) bond motifs is 1. The van der Waals surface area contributed by atoms with E-state index in [9.17, 15) is 19.5 Å². The summed E-state index contributed by atoms with van der Waals surface area (Å²) in [5.41, 5.74) is 0.975. The Hall–Kier alpha value is -4.46. The quantitative estimate of drug-likeness (QED) is 0.491. The fourth-order valence-corrected chi connectivity index (χ4v) is 3.74. The lowest BCUT2D eigenvalue weighted by atomic mass is 9.91. The van der Waals surface area contributed by atoms with Crippen LogP contribution >= 0.6 is 0 Å². The van der Waals surface area contributed by atoms with Crippen molar-refractivity contribution in [1.29, 1.82) is 0 Å². The molecule has 33 heavy (non-hydrogen) atoms. The second-order valence-electron chi connectivity index (χ2n) is 7.39. The van der Waals surface area contributed by atoms with E-state index >= 15 is 0 Å². The van der Waals surface area contributed by atoms with Crippen molar-refractivity contribution in [1.82, 2.24) is 9.55 Å². The number of hydrogen-bond donors (Lipinski definition) is 3. The van der Waals surface area contributed by atoms with E-state index in [1.807, 2.05) is 34.9 Å². The van der Waals surface area contributed by atoms with Crippen LogP contribution in [-0.4, -0.2) is 42.8 Å². The molecule has 1 aromatic carbocycles. The standard InChI is InChI=1S/C16H14N2O2.C9H8O4/c1-2-16(7-4-3-5-8-16)18-11-13(15(19)20)12-6-9-17-10-14(12)18;1-5-6(8(10)11)3-2-4-7(5)9(12)13/h2-7,9-11H,1,8H2,(H,19,20);2-4H,1H3,(H,10,11)(H,12,13). The average Bonchev–Trinajstić information content (AvgIpc) is 3.20. The summed E-state index contributed by atoms with van der Waals surface area (Å²) < 4.78 is 1.94. The fraction of sp³-hybridized carbons (Fsp3) is 0.120. The van der Waals surface area contributed by atoms with Crippen LogP contribution in [0.5, 0.6) is 0 Å². The van der Waals surface area contributed by atoms with Crippen LogP contribution in [-0.2, 0) is 5.54 Å². The summed E-state index contributed by atoms with van der Waals surface area (Å²) in [6, 6.07) is 5.91. The molecule has 8 heteroatoms. The molecule has 0 saturated heterocycles. The Morgan fingerprint density at radius 2 is 1.67 bits per heavy atom. The molecule has 0 aliphatic heterocycles. The van der Waals surface area contributed by atoms with E-state index in [2.05, 4.69) is 11.6 Å². The molecule has 0 fully saturated rings. The highest BCUT2D eigenvalue weighted by Gasteiger charge is 2.29. The maximum atomic E-state index is 11.4. The molecule has 8 nitrogen and oxygen atoms in total. The molecule has 0 radical (unpaired) electrons. The Labute approximate surface area is 189 Å². The number of aromatic carboxylic acids is 3. The van der Waals surface area contributed by atoms with Gasteiger partial charge in [0.1, 0.15) is 0 Å². The molecule has 4 rings (SSSR count). The van der Waals surface area contributed by atoms with Gasteiger partial charge in [-0.05, 0) is 37.1 Å². The van der Waals surface area contributed by atoms with Gasteiger partial charge >= 0.3 is 17.9 Å². The molecule has 168 valence electrons. The molecule has 1 aliphatic carbocycles. The number of carboxylic acid groups (broad SMARTS) is 3. The highest BCUT2D eigenvalue weighted by Crippen LogP contribution is 2.34. The molecular weight excluding hydrogens is 424 g/mol. The Balaban J connectivity index is 0.000000205. The summed E-state index contributed by atoms with van der Waals surface area (Å²) in [6.45, 7) is 5.40. The number of rotatable bonds is 5. The van der Waals surface area contributed by atoms with Gasteiger partial charge in [-0.15, -0.1) is 6.58 Å². The number of hydrogen-bond acceptors (Lipinski definition) is 4. The van der Waals surface area contributed by atoms with Crippen molar-refractivity contribution < 1.29 is 29.7 Å². The lowest BCUT2D eigenvalue weighted by Crippen LogP contribution is -2.28. The number of carbonyl (C=O) groups is 3.